The summed E-state index contributed by atoms with van der Waals surface area (Å²) in [6.07, 6.45) is 19.2. The molecule has 2 heterocycles. The summed E-state index contributed by atoms with van der Waals surface area (Å²) >= 11 is 0. The van der Waals surface area contributed by atoms with Crippen LogP contribution in [-0.4, -0.2) is 42.6 Å². The van der Waals surface area contributed by atoms with E-state index in [2.05, 4.69) is 44.1 Å². The highest BCUT2D eigenvalue weighted by Crippen LogP contribution is 2.26. The molecule has 1 aromatic heterocycles. The first-order chi connectivity index (χ1) is 18.0. The summed E-state index contributed by atoms with van der Waals surface area (Å²) in [7, 11) is 1.66. The molecule has 37 heavy (non-hydrogen) atoms. The Hall–Kier alpha value is -3.98. The average molecular weight is 504 g/mol. The minimum atomic E-state index is 0.0369. The van der Waals surface area contributed by atoms with Gasteiger partial charge in [0, 0.05) is 37.3 Å². The molecule has 0 bridgehead atoms. The maximum absolute atomic E-state index is 13.4. The highest BCUT2D eigenvalue weighted by Gasteiger charge is 2.24. The molecule has 6 nitrogen and oxygen atoms in total. The van der Waals surface area contributed by atoms with Gasteiger partial charge in [0.05, 0.1) is 18.2 Å². The van der Waals surface area contributed by atoms with Crippen LogP contribution in [0.1, 0.15) is 45.7 Å². The standard InChI is InChI=1S/C29H37N3O3.C2H4/c1-7-12-24(21-35-19-16-30-10-4)25-14-11-17-32(29(33)22(25)5)18-15-27-28(34-6)20-23(9-3)26(31-27)13-8-2;1-2/h4,7,9,12-13,16,19-20,30H,1,8,11,14-15,17-18,21H2,2-3,5-6H3;1-2H2/b19-16-,23-9-,24-12-,26-13+;. The fourth-order valence-corrected chi connectivity index (χ4v) is 4.11. The fraction of sp³-hybridized carbons (Fsp3) is 0.355. The number of pyridine rings is 1. The topological polar surface area (TPSA) is 63.7 Å². The summed E-state index contributed by atoms with van der Waals surface area (Å²) in [6.45, 7) is 17.4. The molecule has 0 saturated carbocycles. The first-order valence-electron chi connectivity index (χ1n) is 12.5. The number of carbonyl (C=O) groups excluding carboxylic acids is 1. The van der Waals surface area contributed by atoms with Gasteiger partial charge in [0.2, 0.25) is 5.91 Å². The molecular formula is C31H41N3O3. The molecule has 2 rings (SSSR count). The average Bonchev–Trinajstić information content (AvgIpc) is 3.06. The zero-order valence-electron chi connectivity index (χ0n) is 22.8. The van der Waals surface area contributed by atoms with E-state index in [1.165, 1.54) is 6.26 Å². The van der Waals surface area contributed by atoms with E-state index in [0.717, 1.165) is 58.0 Å². The largest absolute Gasteiger partial charge is 0.495 e. The van der Waals surface area contributed by atoms with Crippen molar-refractivity contribution in [1.29, 1.82) is 0 Å². The number of ether oxygens (including phenoxy) is 2. The third-order valence-electron chi connectivity index (χ3n) is 5.86. The maximum Gasteiger partial charge on any atom is 0.249 e. The Labute approximate surface area is 222 Å². The van der Waals surface area contributed by atoms with Crippen LogP contribution in [0.3, 0.4) is 0 Å². The Morgan fingerprint density at radius 1 is 1.38 bits per heavy atom. The van der Waals surface area contributed by atoms with Crippen molar-refractivity contribution in [3.63, 3.8) is 0 Å². The van der Waals surface area contributed by atoms with Gasteiger partial charge in [0.1, 0.15) is 18.6 Å². The van der Waals surface area contributed by atoms with Gasteiger partial charge in [-0.15, -0.1) is 13.2 Å². The van der Waals surface area contributed by atoms with Gasteiger partial charge in [-0.1, -0.05) is 44.2 Å². The highest BCUT2D eigenvalue weighted by atomic mass is 16.5. The lowest BCUT2D eigenvalue weighted by Gasteiger charge is -2.21. The second-order valence-corrected chi connectivity index (χ2v) is 8.09. The number of carbonyl (C=O) groups is 1. The van der Waals surface area contributed by atoms with Crippen LogP contribution in [0.15, 0.2) is 67.1 Å². The van der Waals surface area contributed by atoms with Gasteiger partial charge in [-0.25, -0.2) is 4.98 Å². The van der Waals surface area contributed by atoms with Crippen LogP contribution in [0.4, 0.5) is 0 Å². The van der Waals surface area contributed by atoms with Gasteiger partial charge in [0.15, 0.2) is 0 Å². The molecule has 1 aromatic rings. The summed E-state index contributed by atoms with van der Waals surface area (Å²) in [5.41, 5.74) is 3.55. The number of hydrogen-bond donors (Lipinski definition) is 1. The molecule has 0 spiro atoms. The molecule has 0 radical (unpaired) electrons. The number of nitrogens with one attached hydrogen (secondary N) is 1. The number of methoxy groups -OCH3 is 1. The van der Waals surface area contributed by atoms with Gasteiger partial charge in [-0.2, -0.15) is 0 Å². The second-order valence-electron chi connectivity index (χ2n) is 8.09. The molecule has 1 aliphatic rings. The molecule has 198 valence electrons. The Balaban J connectivity index is 0.00000334. The van der Waals surface area contributed by atoms with E-state index < -0.39 is 0 Å². The number of rotatable bonds is 11. The van der Waals surface area contributed by atoms with Crippen molar-refractivity contribution in [2.75, 3.05) is 26.8 Å². The monoisotopic (exact) mass is 503 g/mol. The normalized spacial score (nSPS) is 15.2. The van der Waals surface area contributed by atoms with Crippen LogP contribution >= 0.6 is 0 Å². The molecule has 1 N–H and O–H groups in total. The van der Waals surface area contributed by atoms with E-state index in [1.54, 1.807) is 19.4 Å². The van der Waals surface area contributed by atoms with Crippen LogP contribution in [0, 0.1) is 12.5 Å². The Morgan fingerprint density at radius 3 is 2.76 bits per heavy atom. The van der Waals surface area contributed by atoms with Crippen LogP contribution in [-0.2, 0) is 16.0 Å². The lowest BCUT2D eigenvalue weighted by Crippen LogP contribution is -2.35. The zero-order chi connectivity index (χ0) is 27.6. The molecule has 0 fully saturated rings. The molecule has 6 heteroatoms. The van der Waals surface area contributed by atoms with E-state index in [0.29, 0.717) is 26.1 Å². The van der Waals surface area contributed by atoms with Crippen molar-refractivity contribution in [1.82, 2.24) is 15.2 Å². The maximum atomic E-state index is 13.4. The molecule has 0 saturated heterocycles. The quantitative estimate of drug-likeness (QED) is 0.162. The van der Waals surface area contributed by atoms with Crippen LogP contribution in [0.5, 0.6) is 5.75 Å². The third kappa shape index (κ3) is 9.20. The number of hydrogen-bond acceptors (Lipinski definition) is 5. The van der Waals surface area contributed by atoms with Crippen LogP contribution in [0.25, 0.3) is 12.2 Å². The predicted octanol–water partition coefficient (Wildman–Crippen LogP) is 4.15. The number of aromatic nitrogens is 1. The van der Waals surface area contributed by atoms with Crippen molar-refractivity contribution < 1.29 is 14.3 Å². The molecule has 0 aromatic carbocycles. The van der Waals surface area contributed by atoms with E-state index in [-0.39, 0.29) is 5.91 Å². The van der Waals surface area contributed by atoms with E-state index in [9.17, 15) is 4.79 Å². The molecule has 0 unspecified atom stereocenters. The first kappa shape index (κ1) is 31.1. The first-order valence-corrected chi connectivity index (χ1v) is 12.5. The Bertz CT molecular complexity index is 1170. The van der Waals surface area contributed by atoms with E-state index in [4.69, 9.17) is 20.9 Å². The summed E-state index contributed by atoms with van der Waals surface area (Å²) in [4.78, 5) is 20.2. The second kappa shape index (κ2) is 17.4. The highest BCUT2D eigenvalue weighted by molar-refractivity contribution is 5.94. The van der Waals surface area contributed by atoms with Gasteiger partial charge < -0.3 is 19.7 Å². The smallest absolute Gasteiger partial charge is 0.249 e. The fourth-order valence-electron chi connectivity index (χ4n) is 4.11. The predicted molar refractivity (Wildman–Crippen MR) is 154 cm³/mol. The lowest BCUT2D eigenvalue weighted by atomic mass is 9.97. The SMILES string of the molecule is C#CN/C=C\OC/C(=C/C=C)C1=C(C)C(=O)N(CCc2nc(=C/CC)/c(=C\C)cc2OC)CCC1.C=C. The molecule has 1 aliphatic heterocycles. The van der Waals surface area contributed by atoms with Gasteiger partial charge in [0.25, 0.3) is 0 Å². The number of amides is 1. The Kier molecular flexibility index (Phi) is 14.6. The summed E-state index contributed by atoms with van der Waals surface area (Å²) in [5.74, 6) is 0.789. The van der Waals surface area contributed by atoms with Gasteiger partial charge in [-0.05, 0) is 55.5 Å². The number of allylic oxidation sites excluding steroid dienone is 2. The molecule has 0 aliphatic carbocycles. The lowest BCUT2D eigenvalue weighted by molar-refractivity contribution is -0.127. The van der Waals surface area contributed by atoms with Gasteiger partial charge in [-0.3, -0.25) is 4.79 Å². The van der Waals surface area contributed by atoms with Crippen molar-refractivity contribution in [2.24, 2.45) is 0 Å². The number of terminal acetylenes is 1. The molecular weight excluding hydrogens is 462 g/mol. The van der Waals surface area contributed by atoms with Crippen LogP contribution in [0.2, 0.25) is 0 Å². The van der Waals surface area contributed by atoms with Crippen molar-refractivity contribution in [3.05, 3.63) is 83.4 Å². The minimum Gasteiger partial charge on any atom is -0.495 e. The third-order valence-corrected chi connectivity index (χ3v) is 5.86. The van der Waals surface area contributed by atoms with E-state index >= 15 is 0 Å². The van der Waals surface area contributed by atoms with E-state index in [1.807, 2.05) is 37.0 Å². The molecule has 1 amide bonds. The van der Waals surface area contributed by atoms with Gasteiger partial charge >= 0.3 is 0 Å². The number of nitrogens with zero attached hydrogens (tertiary/aromatic N) is 2. The van der Waals surface area contributed by atoms with Crippen molar-refractivity contribution in [2.45, 2.75) is 46.5 Å². The summed E-state index contributed by atoms with van der Waals surface area (Å²) < 4.78 is 11.2. The molecule has 0 atom stereocenters. The Morgan fingerprint density at radius 2 is 2.14 bits per heavy atom. The van der Waals surface area contributed by atoms with Crippen molar-refractivity contribution in [3.8, 4) is 18.2 Å². The zero-order valence-corrected chi connectivity index (χ0v) is 22.8. The summed E-state index contributed by atoms with van der Waals surface area (Å²) in [5, 5.41) is 4.62. The van der Waals surface area contributed by atoms with Crippen molar-refractivity contribution >= 4 is 18.1 Å². The minimum absolute atomic E-state index is 0.0369. The van der Waals surface area contributed by atoms with Crippen LogP contribution < -0.4 is 20.6 Å². The summed E-state index contributed by atoms with van der Waals surface area (Å²) in [6, 6.07) is 4.32.